The number of aryl methyl sites for hydroxylation is 1. The lowest BCUT2D eigenvalue weighted by Gasteiger charge is -2.15. The van der Waals surface area contributed by atoms with Crippen LogP contribution < -0.4 is 5.32 Å². The Kier molecular flexibility index (Phi) is 4.90. The SMILES string of the molecule is O=C(c1nc2sccn2c1CNCc1n[nH]c2c1CCCCC2)N1CCCC1. The Hall–Kier alpha value is -2.19. The number of imidazole rings is 1. The molecule has 28 heavy (non-hydrogen) atoms. The van der Waals surface area contributed by atoms with Crippen molar-refractivity contribution in [3.05, 3.63) is 39.9 Å². The summed E-state index contributed by atoms with van der Waals surface area (Å²) in [5, 5.41) is 13.3. The van der Waals surface area contributed by atoms with Crippen LogP contribution in [-0.2, 0) is 25.9 Å². The van der Waals surface area contributed by atoms with Gasteiger partial charge in [-0.05, 0) is 44.1 Å². The summed E-state index contributed by atoms with van der Waals surface area (Å²) in [6, 6.07) is 0. The van der Waals surface area contributed by atoms with Gasteiger partial charge in [0.2, 0.25) is 0 Å². The molecule has 148 valence electrons. The number of hydrogen-bond acceptors (Lipinski definition) is 5. The first-order chi connectivity index (χ1) is 13.8. The molecule has 8 heteroatoms. The first-order valence-corrected chi connectivity index (χ1v) is 11.2. The van der Waals surface area contributed by atoms with E-state index >= 15 is 0 Å². The summed E-state index contributed by atoms with van der Waals surface area (Å²) in [5.74, 6) is 0.0684. The third-order valence-corrected chi connectivity index (χ3v) is 6.69. The summed E-state index contributed by atoms with van der Waals surface area (Å²) in [6.07, 6.45) is 10.2. The van der Waals surface area contributed by atoms with Gasteiger partial charge in [0.05, 0.1) is 11.4 Å². The maximum absolute atomic E-state index is 13.0. The van der Waals surface area contributed by atoms with E-state index in [1.165, 1.54) is 30.5 Å². The minimum atomic E-state index is 0.0684. The largest absolute Gasteiger partial charge is 0.337 e. The van der Waals surface area contributed by atoms with Crippen LogP contribution in [0.1, 0.15) is 65.2 Å². The third kappa shape index (κ3) is 3.24. The lowest BCUT2D eigenvalue weighted by molar-refractivity contribution is 0.0786. The van der Waals surface area contributed by atoms with E-state index in [2.05, 4.69) is 20.5 Å². The van der Waals surface area contributed by atoms with Crippen LogP contribution in [-0.4, -0.2) is 43.5 Å². The monoisotopic (exact) mass is 398 g/mol. The van der Waals surface area contributed by atoms with Crippen LogP contribution in [0.2, 0.25) is 0 Å². The Morgan fingerprint density at radius 1 is 1.14 bits per heavy atom. The van der Waals surface area contributed by atoms with E-state index in [0.29, 0.717) is 18.8 Å². The Balaban J connectivity index is 1.34. The number of nitrogens with zero attached hydrogens (tertiary/aromatic N) is 4. The van der Waals surface area contributed by atoms with Crippen LogP contribution in [0.5, 0.6) is 0 Å². The van der Waals surface area contributed by atoms with Gasteiger partial charge >= 0.3 is 0 Å². The number of likely N-dealkylation sites (tertiary alicyclic amines) is 1. The Bertz CT molecular complexity index is 980. The van der Waals surface area contributed by atoms with Crippen molar-refractivity contribution in [1.29, 1.82) is 0 Å². The highest BCUT2D eigenvalue weighted by atomic mass is 32.1. The molecule has 0 saturated carbocycles. The van der Waals surface area contributed by atoms with E-state index in [0.717, 1.165) is 55.1 Å². The van der Waals surface area contributed by atoms with Gasteiger partial charge in [0.15, 0.2) is 10.7 Å². The summed E-state index contributed by atoms with van der Waals surface area (Å²) in [7, 11) is 0. The number of H-pyrrole nitrogens is 1. The Morgan fingerprint density at radius 3 is 2.89 bits per heavy atom. The van der Waals surface area contributed by atoms with Gasteiger partial charge < -0.3 is 10.2 Å². The fraction of sp³-hybridized carbons (Fsp3) is 0.550. The predicted octanol–water partition coefficient (Wildman–Crippen LogP) is 2.91. The van der Waals surface area contributed by atoms with E-state index in [4.69, 9.17) is 0 Å². The van der Waals surface area contributed by atoms with Crippen LogP contribution in [0.15, 0.2) is 11.6 Å². The summed E-state index contributed by atoms with van der Waals surface area (Å²) in [6.45, 7) is 3.00. The molecular weight excluding hydrogens is 372 g/mol. The van der Waals surface area contributed by atoms with Crippen molar-refractivity contribution < 1.29 is 4.79 Å². The van der Waals surface area contributed by atoms with E-state index in [-0.39, 0.29) is 5.91 Å². The number of nitrogens with one attached hydrogen (secondary N) is 2. The van der Waals surface area contributed by atoms with Gasteiger partial charge in [-0.25, -0.2) is 4.98 Å². The van der Waals surface area contributed by atoms with Gasteiger partial charge in [0, 0.05) is 43.4 Å². The summed E-state index contributed by atoms with van der Waals surface area (Å²) < 4.78 is 2.05. The fourth-order valence-electron chi connectivity index (χ4n) is 4.41. The molecule has 1 fully saturated rings. The Morgan fingerprint density at radius 2 is 2.00 bits per heavy atom. The second kappa shape index (κ2) is 7.67. The van der Waals surface area contributed by atoms with Crippen LogP contribution in [0, 0.1) is 0 Å². The van der Waals surface area contributed by atoms with Crippen LogP contribution in [0.3, 0.4) is 0 Å². The average molecular weight is 399 g/mol. The molecule has 4 heterocycles. The minimum Gasteiger partial charge on any atom is -0.337 e. The van der Waals surface area contributed by atoms with Crippen molar-refractivity contribution in [3.63, 3.8) is 0 Å². The lowest BCUT2D eigenvalue weighted by atomic mass is 10.1. The molecule has 0 aromatic carbocycles. The maximum Gasteiger partial charge on any atom is 0.274 e. The average Bonchev–Trinajstić information content (AvgIpc) is 3.46. The van der Waals surface area contributed by atoms with Crippen LogP contribution >= 0.6 is 11.3 Å². The number of hydrogen-bond donors (Lipinski definition) is 2. The van der Waals surface area contributed by atoms with Crippen molar-refractivity contribution >= 4 is 22.2 Å². The molecule has 3 aromatic rings. The number of aromatic nitrogens is 4. The standard InChI is InChI=1S/C20H26N6OS/c27-19(25-8-4-5-9-25)18-17(26-10-11-28-20(26)22-18)13-21-12-16-14-6-2-1-3-7-15(14)23-24-16/h10-11,21H,1-9,12-13H2,(H,23,24). The van der Waals surface area contributed by atoms with E-state index in [1.54, 1.807) is 11.3 Å². The van der Waals surface area contributed by atoms with Crippen molar-refractivity contribution in [2.24, 2.45) is 0 Å². The van der Waals surface area contributed by atoms with Gasteiger partial charge in [-0.3, -0.25) is 14.3 Å². The highest BCUT2D eigenvalue weighted by Gasteiger charge is 2.26. The normalized spacial score (nSPS) is 17.2. The summed E-state index contributed by atoms with van der Waals surface area (Å²) >= 11 is 1.57. The van der Waals surface area contributed by atoms with Gasteiger partial charge in [0.25, 0.3) is 5.91 Å². The lowest BCUT2D eigenvalue weighted by Crippen LogP contribution is -2.29. The molecule has 7 nitrogen and oxygen atoms in total. The molecule has 0 unspecified atom stereocenters. The highest BCUT2D eigenvalue weighted by molar-refractivity contribution is 7.15. The maximum atomic E-state index is 13.0. The molecule has 0 bridgehead atoms. The number of amides is 1. The molecule has 1 amide bonds. The number of carbonyl (C=O) groups is 1. The zero-order chi connectivity index (χ0) is 18.9. The number of rotatable bonds is 5. The van der Waals surface area contributed by atoms with Crippen LogP contribution in [0.4, 0.5) is 0 Å². The molecule has 3 aromatic heterocycles. The number of carbonyl (C=O) groups excluding carboxylic acids is 1. The molecule has 0 atom stereocenters. The van der Waals surface area contributed by atoms with Gasteiger partial charge in [-0.15, -0.1) is 11.3 Å². The topological polar surface area (TPSA) is 78.3 Å². The summed E-state index contributed by atoms with van der Waals surface area (Å²) in [5.41, 5.74) is 5.38. The van der Waals surface area contributed by atoms with Crippen molar-refractivity contribution in [3.8, 4) is 0 Å². The van der Waals surface area contributed by atoms with Gasteiger partial charge in [-0.2, -0.15) is 5.10 Å². The molecule has 2 N–H and O–H groups in total. The van der Waals surface area contributed by atoms with Crippen molar-refractivity contribution in [2.45, 2.75) is 58.0 Å². The molecule has 2 aliphatic rings. The van der Waals surface area contributed by atoms with E-state index < -0.39 is 0 Å². The molecule has 1 saturated heterocycles. The second-order valence-electron chi connectivity index (χ2n) is 7.75. The fourth-order valence-corrected chi connectivity index (χ4v) is 5.15. The minimum absolute atomic E-state index is 0.0684. The third-order valence-electron chi connectivity index (χ3n) is 5.93. The zero-order valence-corrected chi connectivity index (χ0v) is 16.9. The number of aromatic amines is 1. The smallest absolute Gasteiger partial charge is 0.274 e. The Labute approximate surface area is 168 Å². The molecule has 1 aliphatic heterocycles. The number of thiazole rings is 1. The van der Waals surface area contributed by atoms with Gasteiger partial charge in [0.1, 0.15) is 0 Å². The van der Waals surface area contributed by atoms with Gasteiger partial charge in [-0.1, -0.05) is 6.42 Å². The second-order valence-corrected chi connectivity index (χ2v) is 8.63. The molecule has 1 aliphatic carbocycles. The zero-order valence-electron chi connectivity index (χ0n) is 16.0. The predicted molar refractivity (Wildman–Crippen MR) is 109 cm³/mol. The molecular formula is C20H26N6OS. The molecule has 0 radical (unpaired) electrons. The van der Waals surface area contributed by atoms with Crippen molar-refractivity contribution in [1.82, 2.24) is 29.8 Å². The quantitative estimate of drug-likeness (QED) is 0.648. The first-order valence-electron chi connectivity index (χ1n) is 10.3. The van der Waals surface area contributed by atoms with Crippen molar-refractivity contribution in [2.75, 3.05) is 13.1 Å². The van der Waals surface area contributed by atoms with E-state index in [1.807, 2.05) is 20.9 Å². The molecule has 5 rings (SSSR count). The molecule has 0 spiro atoms. The first kappa shape index (κ1) is 17.9. The highest BCUT2D eigenvalue weighted by Crippen LogP contribution is 2.23. The number of fused-ring (bicyclic) bond motifs is 2. The van der Waals surface area contributed by atoms with E-state index in [9.17, 15) is 4.79 Å². The van der Waals surface area contributed by atoms with Crippen LogP contribution in [0.25, 0.3) is 4.96 Å². The summed E-state index contributed by atoms with van der Waals surface area (Å²) in [4.78, 5) is 20.4.